The van der Waals surface area contributed by atoms with E-state index in [1.807, 2.05) is 24.3 Å². The Balaban J connectivity index is 2.21. The van der Waals surface area contributed by atoms with Crippen LogP contribution in [0.5, 0.6) is 0 Å². The van der Waals surface area contributed by atoms with Crippen LogP contribution >= 0.6 is 39.1 Å². The van der Waals surface area contributed by atoms with Gasteiger partial charge in [-0.1, -0.05) is 63.4 Å². The molecule has 0 aromatic heterocycles. The van der Waals surface area contributed by atoms with E-state index in [1.54, 1.807) is 30.1 Å². The molecule has 0 heterocycles. The molecule has 0 saturated carbocycles. The summed E-state index contributed by atoms with van der Waals surface area (Å²) in [5.41, 5.74) is 1.44. The molecule has 0 aliphatic carbocycles. The first-order valence-electron chi connectivity index (χ1n) is 5.93. The standard InChI is InChI=1S/C15H12BrCl2NO/c1-19(9-10-5-2-3-7-12(10)16)15(20)11-6-4-8-13(17)14(11)18/h2-8H,9H2,1H3. The summed E-state index contributed by atoms with van der Waals surface area (Å²) in [5.74, 6) is -0.159. The number of carbonyl (C=O) groups is 1. The molecule has 20 heavy (non-hydrogen) atoms. The number of amides is 1. The van der Waals surface area contributed by atoms with E-state index in [2.05, 4.69) is 15.9 Å². The van der Waals surface area contributed by atoms with Gasteiger partial charge in [-0.05, 0) is 23.8 Å². The average molecular weight is 373 g/mol. The molecule has 0 fully saturated rings. The topological polar surface area (TPSA) is 20.3 Å². The van der Waals surface area contributed by atoms with Gasteiger partial charge in [-0.3, -0.25) is 4.79 Å². The molecular formula is C15H12BrCl2NO. The van der Waals surface area contributed by atoms with Crippen LogP contribution in [0.3, 0.4) is 0 Å². The lowest BCUT2D eigenvalue weighted by molar-refractivity contribution is 0.0785. The minimum absolute atomic E-state index is 0.159. The van der Waals surface area contributed by atoms with Gasteiger partial charge in [0.05, 0.1) is 15.6 Å². The summed E-state index contributed by atoms with van der Waals surface area (Å²) < 4.78 is 0.969. The Bertz CT molecular complexity index is 646. The lowest BCUT2D eigenvalue weighted by Gasteiger charge is -2.19. The molecular weight excluding hydrogens is 361 g/mol. The lowest BCUT2D eigenvalue weighted by Crippen LogP contribution is -2.26. The predicted molar refractivity (Wildman–Crippen MR) is 86.4 cm³/mol. The molecule has 0 saturated heterocycles. The van der Waals surface area contributed by atoms with Crippen molar-refractivity contribution in [2.75, 3.05) is 7.05 Å². The van der Waals surface area contributed by atoms with Gasteiger partial charge in [-0.25, -0.2) is 0 Å². The monoisotopic (exact) mass is 371 g/mol. The Morgan fingerprint density at radius 1 is 1.15 bits per heavy atom. The molecule has 0 radical (unpaired) electrons. The maximum absolute atomic E-state index is 12.4. The van der Waals surface area contributed by atoms with Crippen molar-refractivity contribution in [1.82, 2.24) is 4.90 Å². The van der Waals surface area contributed by atoms with E-state index >= 15 is 0 Å². The molecule has 0 aliphatic rings. The van der Waals surface area contributed by atoms with Gasteiger partial charge in [0, 0.05) is 18.1 Å². The van der Waals surface area contributed by atoms with Crippen molar-refractivity contribution < 1.29 is 4.79 Å². The quantitative estimate of drug-likeness (QED) is 0.739. The van der Waals surface area contributed by atoms with Crippen molar-refractivity contribution >= 4 is 45.0 Å². The minimum Gasteiger partial charge on any atom is -0.337 e. The first-order chi connectivity index (χ1) is 9.50. The zero-order chi connectivity index (χ0) is 14.7. The summed E-state index contributed by atoms with van der Waals surface area (Å²) in [5, 5.41) is 0.671. The molecule has 0 atom stereocenters. The fourth-order valence-electron chi connectivity index (χ4n) is 1.83. The van der Waals surface area contributed by atoms with E-state index in [4.69, 9.17) is 23.2 Å². The zero-order valence-corrected chi connectivity index (χ0v) is 13.8. The van der Waals surface area contributed by atoms with E-state index in [0.29, 0.717) is 17.1 Å². The van der Waals surface area contributed by atoms with Crippen molar-refractivity contribution in [3.8, 4) is 0 Å². The molecule has 104 valence electrons. The number of hydrogen-bond donors (Lipinski definition) is 0. The normalized spacial score (nSPS) is 10.4. The highest BCUT2D eigenvalue weighted by molar-refractivity contribution is 9.10. The Kier molecular flexibility index (Phi) is 5.08. The van der Waals surface area contributed by atoms with Crippen LogP contribution in [0.1, 0.15) is 15.9 Å². The van der Waals surface area contributed by atoms with Gasteiger partial charge in [0.25, 0.3) is 5.91 Å². The van der Waals surface area contributed by atoms with Crippen molar-refractivity contribution in [2.24, 2.45) is 0 Å². The largest absolute Gasteiger partial charge is 0.337 e. The van der Waals surface area contributed by atoms with Gasteiger partial charge in [0.2, 0.25) is 0 Å². The average Bonchev–Trinajstić information content (AvgIpc) is 2.43. The number of halogens is 3. The summed E-state index contributed by atoms with van der Waals surface area (Å²) in [4.78, 5) is 14.0. The molecule has 2 aromatic rings. The van der Waals surface area contributed by atoms with Gasteiger partial charge in [-0.15, -0.1) is 0 Å². The van der Waals surface area contributed by atoms with E-state index in [1.165, 1.54) is 0 Å². The first-order valence-corrected chi connectivity index (χ1v) is 7.48. The van der Waals surface area contributed by atoms with E-state index in [9.17, 15) is 4.79 Å². The molecule has 0 aliphatic heterocycles. The van der Waals surface area contributed by atoms with Crippen LogP contribution in [0.15, 0.2) is 46.9 Å². The van der Waals surface area contributed by atoms with Crippen LogP contribution in [-0.2, 0) is 6.54 Å². The Morgan fingerprint density at radius 3 is 2.55 bits per heavy atom. The third kappa shape index (κ3) is 3.35. The summed E-state index contributed by atoms with van der Waals surface area (Å²) in [6.07, 6.45) is 0. The van der Waals surface area contributed by atoms with Crippen molar-refractivity contribution in [3.05, 3.63) is 68.1 Å². The van der Waals surface area contributed by atoms with E-state index in [-0.39, 0.29) is 10.9 Å². The van der Waals surface area contributed by atoms with Crippen LogP contribution in [0.2, 0.25) is 10.0 Å². The van der Waals surface area contributed by atoms with Crippen LogP contribution in [0, 0.1) is 0 Å². The summed E-state index contributed by atoms with van der Waals surface area (Å²) in [7, 11) is 1.74. The predicted octanol–water partition coefficient (Wildman–Crippen LogP) is 5.03. The van der Waals surface area contributed by atoms with Gasteiger partial charge in [0.1, 0.15) is 0 Å². The Hall–Kier alpha value is -1.03. The summed E-state index contributed by atoms with van der Waals surface area (Å²) in [6, 6.07) is 12.8. The van der Waals surface area contributed by atoms with Crippen LogP contribution in [0.25, 0.3) is 0 Å². The maximum atomic E-state index is 12.4. The highest BCUT2D eigenvalue weighted by Gasteiger charge is 2.17. The minimum atomic E-state index is -0.159. The third-order valence-electron chi connectivity index (χ3n) is 2.89. The molecule has 0 N–H and O–H groups in total. The Labute approximate surface area is 136 Å². The van der Waals surface area contributed by atoms with Gasteiger partial charge < -0.3 is 4.90 Å². The molecule has 5 heteroatoms. The highest BCUT2D eigenvalue weighted by Crippen LogP contribution is 2.27. The first kappa shape index (κ1) is 15.4. The maximum Gasteiger partial charge on any atom is 0.255 e. The number of rotatable bonds is 3. The van der Waals surface area contributed by atoms with E-state index in [0.717, 1.165) is 10.0 Å². The SMILES string of the molecule is CN(Cc1ccccc1Br)C(=O)c1cccc(Cl)c1Cl. The summed E-state index contributed by atoms with van der Waals surface area (Å²) in [6.45, 7) is 0.489. The second-order valence-electron chi connectivity index (χ2n) is 4.35. The van der Waals surface area contributed by atoms with Crippen molar-refractivity contribution in [1.29, 1.82) is 0 Å². The smallest absolute Gasteiger partial charge is 0.255 e. The number of carbonyl (C=O) groups excluding carboxylic acids is 1. The Morgan fingerprint density at radius 2 is 1.85 bits per heavy atom. The number of benzene rings is 2. The molecule has 2 nitrogen and oxygen atoms in total. The lowest BCUT2D eigenvalue weighted by atomic mass is 10.1. The summed E-state index contributed by atoms with van der Waals surface area (Å²) >= 11 is 15.5. The van der Waals surface area contributed by atoms with Gasteiger partial charge >= 0.3 is 0 Å². The van der Waals surface area contributed by atoms with Crippen LogP contribution < -0.4 is 0 Å². The van der Waals surface area contributed by atoms with Crippen molar-refractivity contribution in [2.45, 2.75) is 6.54 Å². The van der Waals surface area contributed by atoms with Crippen molar-refractivity contribution in [3.63, 3.8) is 0 Å². The number of hydrogen-bond acceptors (Lipinski definition) is 1. The fourth-order valence-corrected chi connectivity index (χ4v) is 2.62. The molecule has 0 bridgehead atoms. The van der Waals surface area contributed by atoms with Crippen LogP contribution in [0.4, 0.5) is 0 Å². The molecule has 2 aromatic carbocycles. The molecule has 0 unspecified atom stereocenters. The second kappa shape index (κ2) is 6.61. The third-order valence-corrected chi connectivity index (χ3v) is 4.49. The van der Waals surface area contributed by atoms with Gasteiger partial charge in [-0.2, -0.15) is 0 Å². The fraction of sp³-hybridized carbons (Fsp3) is 0.133. The van der Waals surface area contributed by atoms with Crippen LogP contribution in [-0.4, -0.2) is 17.9 Å². The molecule has 1 amide bonds. The molecule has 0 spiro atoms. The number of nitrogens with zero attached hydrogens (tertiary/aromatic N) is 1. The van der Waals surface area contributed by atoms with E-state index < -0.39 is 0 Å². The molecule has 2 rings (SSSR count). The second-order valence-corrected chi connectivity index (χ2v) is 5.99. The highest BCUT2D eigenvalue weighted by atomic mass is 79.9. The zero-order valence-electron chi connectivity index (χ0n) is 10.7. The van der Waals surface area contributed by atoms with Gasteiger partial charge in [0.15, 0.2) is 0 Å².